The molecule has 6 heteroatoms. The first-order valence-corrected chi connectivity index (χ1v) is 10.9. The molecule has 0 heterocycles. The van der Waals surface area contributed by atoms with E-state index >= 15 is 0 Å². The molecule has 3 rings (SSSR count). The van der Waals surface area contributed by atoms with Crippen LogP contribution in [0.25, 0.3) is 16.8 Å². The summed E-state index contributed by atoms with van der Waals surface area (Å²) in [7, 11) is -3.60. The number of nitrogens with one attached hydrogen (secondary N) is 1. The quantitative estimate of drug-likeness (QED) is 0.452. The van der Waals surface area contributed by atoms with Crippen molar-refractivity contribution in [3.05, 3.63) is 83.9 Å². The molecule has 3 aromatic rings. The maximum Gasteiger partial charge on any atom is 0.330 e. The summed E-state index contributed by atoms with van der Waals surface area (Å²) in [5, 5.41) is 1.60. The van der Waals surface area contributed by atoms with Gasteiger partial charge in [0.25, 0.3) is 0 Å². The lowest BCUT2D eigenvalue weighted by atomic mass is 10.1. The number of hydrogen-bond donors (Lipinski definition) is 1. The van der Waals surface area contributed by atoms with Gasteiger partial charge < -0.3 is 4.74 Å². The SMILES string of the molecule is CCOC(=O)/C=C/c1ccc(CCNS(=O)(=O)c2cccc3ccccc23)cc1. The maximum absolute atomic E-state index is 12.7. The molecule has 150 valence electrons. The van der Waals surface area contributed by atoms with Crippen molar-refractivity contribution in [3.8, 4) is 0 Å². The van der Waals surface area contributed by atoms with Gasteiger partial charge in [-0.15, -0.1) is 0 Å². The first kappa shape index (κ1) is 20.8. The summed E-state index contributed by atoms with van der Waals surface area (Å²) in [6.45, 7) is 2.40. The molecular weight excluding hydrogens is 386 g/mol. The highest BCUT2D eigenvalue weighted by Crippen LogP contribution is 2.22. The molecule has 0 aliphatic rings. The van der Waals surface area contributed by atoms with Crippen molar-refractivity contribution < 1.29 is 17.9 Å². The van der Waals surface area contributed by atoms with E-state index < -0.39 is 10.0 Å². The Morgan fingerprint density at radius 2 is 1.72 bits per heavy atom. The summed E-state index contributed by atoms with van der Waals surface area (Å²) in [6, 6.07) is 20.3. The molecule has 0 atom stereocenters. The fourth-order valence-electron chi connectivity index (χ4n) is 2.99. The number of rotatable bonds is 8. The van der Waals surface area contributed by atoms with Crippen LogP contribution in [0.15, 0.2) is 77.7 Å². The number of carbonyl (C=O) groups excluding carboxylic acids is 1. The molecule has 29 heavy (non-hydrogen) atoms. The van der Waals surface area contributed by atoms with Gasteiger partial charge in [-0.3, -0.25) is 0 Å². The summed E-state index contributed by atoms with van der Waals surface area (Å²) >= 11 is 0. The molecule has 0 spiro atoms. The van der Waals surface area contributed by atoms with Crippen molar-refractivity contribution in [2.75, 3.05) is 13.2 Å². The van der Waals surface area contributed by atoms with Crippen molar-refractivity contribution in [2.24, 2.45) is 0 Å². The zero-order valence-electron chi connectivity index (χ0n) is 16.2. The fraction of sp³-hybridized carbons (Fsp3) is 0.174. The summed E-state index contributed by atoms with van der Waals surface area (Å²) < 4.78 is 33.0. The fourth-order valence-corrected chi connectivity index (χ4v) is 4.25. The highest BCUT2D eigenvalue weighted by atomic mass is 32.2. The third-order valence-corrected chi connectivity index (χ3v) is 5.94. The number of esters is 1. The Labute approximate surface area is 171 Å². The molecule has 0 unspecified atom stereocenters. The third-order valence-electron chi connectivity index (χ3n) is 4.42. The van der Waals surface area contributed by atoms with Crippen molar-refractivity contribution in [1.82, 2.24) is 4.72 Å². The Hall–Kier alpha value is -2.96. The molecule has 5 nitrogen and oxygen atoms in total. The Morgan fingerprint density at radius 3 is 2.48 bits per heavy atom. The Bertz CT molecular complexity index is 1110. The van der Waals surface area contributed by atoms with Crippen LogP contribution in [0, 0.1) is 0 Å². The minimum atomic E-state index is -3.60. The predicted molar refractivity (Wildman–Crippen MR) is 115 cm³/mol. The molecule has 0 aromatic heterocycles. The summed E-state index contributed by atoms with van der Waals surface area (Å²) in [4.78, 5) is 11.6. The van der Waals surface area contributed by atoms with Crippen LogP contribution in [0.5, 0.6) is 0 Å². The molecular formula is C23H23NO4S. The van der Waals surface area contributed by atoms with Gasteiger partial charge in [0.15, 0.2) is 0 Å². The van der Waals surface area contributed by atoms with E-state index in [-0.39, 0.29) is 10.9 Å². The molecule has 0 aliphatic heterocycles. The van der Waals surface area contributed by atoms with Crippen LogP contribution in [-0.4, -0.2) is 27.5 Å². The van der Waals surface area contributed by atoms with E-state index in [0.29, 0.717) is 25.0 Å². The van der Waals surface area contributed by atoms with Gasteiger partial charge >= 0.3 is 5.97 Å². The van der Waals surface area contributed by atoms with E-state index in [2.05, 4.69) is 4.72 Å². The van der Waals surface area contributed by atoms with Crippen LogP contribution in [0.1, 0.15) is 18.1 Å². The van der Waals surface area contributed by atoms with E-state index in [9.17, 15) is 13.2 Å². The maximum atomic E-state index is 12.7. The normalized spacial score (nSPS) is 11.8. The number of ether oxygens (including phenoxy) is 1. The second-order valence-corrected chi connectivity index (χ2v) is 8.19. The molecule has 0 aliphatic carbocycles. The number of sulfonamides is 1. The van der Waals surface area contributed by atoms with Gasteiger partial charge in [-0.25, -0.2) is 17.9 Å². The summed E-state index contributed by atoms with van der Waals surface area (Å²) in [5.74, 6) is -0.376. The molecule has 1 N–H and O–H groups in total. The number of carbonyl (C=O) groups is 1. The van der Waals surface area contributed by atoms with Crippen LogP contribution in [-0.2, 0) is 26.0 Å². The molecule has 0 fully saturated rings. The summed E-state index contributed by atoms with van der Waals surface area (Å²) in [6.07, 6.45) is 3.63. The van der Waals surface area contributed by atoms with Crippen LogP contribution in [0.3, 0.4) is 0 Å². The monoisotopic (exact) mass is 409 g/mol. The molecule has 0 bridgehead atoms. The third kappa shape index (κ3) is 5.53. The van der Waals surface area contributed by atoms with E-state index in [1.54, 1.807) is 25.1 Å². The van der Waals surface area contributed by atoms with Crippen LogP contribution < -0.4 is 4.72 Å². The zero-order chi connectivity index (χ0) is 20.7. The molecule has 0 amide bonds. The van der Waals surface area contributed by atoms with Gasteiger partial charge in [-0.05, 0) is 42.0 Å². The van der Waals surface area contributed by atoms with E-state index in [1.807, 2.05) is 54.6 Å². The first-order valence-electron chi connectivity index (χ1n) is 9.41. The largest absolute Gasteiger partial charge is 0.463 e. The topological polar surface area (TPSA) is 72.5 Å². The lowest BCUT2D eigenvalue weighted by Gasteiger charge is -2.10. The average molecular weight is 410 g/mol. The minimum absolute atomic E-state index is 0.287. The second kappa shape index (κ2) is 9.49. The Morgan fingerprint density at radius 1 is 1.00 bits per heavy atom. The standard InChI is InChI=1S/C23H23NO4S/c1-2-28-23(25)15-14-18-10-12-19(13-11-18)16-17-24-29(26,27)22-9-5-7-20-6-3-4-8-21(20)22/h3-15,24H,2,16-17H2,1H3/b15-14+. The Kier molecular flexibility index (Phi) is 6.80. The first-order chi connectivity index (χ1) is 14.0. The van der Waals surface area contributed by atoms with Gasteiger partial charge in [-0.1, -0.05) is 60.7 Å². The Balaban J connectivity index is 1.61. The van der Waals surface area contributed by atoms with Crippen molar-refractivity contribution in [3.63, 3.8) is 0 Å². The predicted octanol–water partition coefficient (Wildman–Crippen LogP) is 3.94. The molecule has 0 radical (unpaired) electrons. The highest BCUT2D eigenvalue weighted by molar-refractivity contribution is 7.89. The number of hydrogen-bond acceptors (Lipinski definition) is 4. The van der Waals surface area contributed by atoms with Gasteiger partial charge in [0, 0.05) is 18.0 Å². The lowest BCUT2D eigenvalue weighted by Crippen LogP contribution is -2.26. The molecule has 3 aromatic carbocycles. The van der Waals surface area contributed by atoms with E-state index in [1.165, 1.54) is 6.08 Å². The zero-order valence-corrected chi connectivity index (χ0v) is 17.0. The molecule has 0 saturated carbocycles. The summed E-state index contributed by atoms with van der Waals surface area (Å²) in [5.41, 5.74) is 1.87. The average Bonchev–Trinajstić information content (AvgIpc) is 2.73. The second-order valence-electron chi connectivity index (χ2n) is 6.45. The van der Waals surface area contributed by atoms with E-state index in [4.69, 9.17) is 4.74 Å². The lowest BCUT2D eigenvalue weighted by molar-refractivity contribution is -0.137. The van der Waals surface area contributed by atoms with Crippen molar-refractivity contribution in [1.29, 1.82) is 0 Å². The van der Waals surface area contributed by atoms with Crippen LogP contribution in [0.2, 0.25) is 0 Å². The number of fused-ring (bicyclic) bond motifs is 1. The molecule has 0 saturated heterocycles. The van der Waals surface area contributed by atoms with Gasteiger partial charge in [0.1, 0.15) is 0 Å². The van der Waals surface area contributed by atoms with Gasteiger partial charge in [-0.2, -0.15) is 0 Å². The van der Waals surface area contributed by atoms with Crippen molar-refractivity contribution >= 4 is 32.8 Å². The van der Waals surface area contributed by atoms with Crippen molar-refractivity contribution in [2.45, 2.75) is 18.2 Å². The minimum Gasteiger partial charge on any atom is -0.463 e. The van der Waals surface area contributed by atoms with Gasteiger partial charge in [0.2, 0.25) is 10.0 Å². The van der Waals surface area contributed by atoms with Crippen LogP contribution in [0.4, 0.5) is 0 Å². The van der Waals surface area contributed by atoms with E-state index in [0.717, 1.165) is 16.5 Å². The smallest absolute Gasteiger partial charge is 0.330 e. The van der Waals surface area contributed by atoms with Gasteiger partial charge in [0.05, 0.1) is 11.5 Å². The highest BCUT2D eigenvalue weighted by Gasteiger charge is 2.16. The van der Waals surface area contributed by atoms with Crippen LogP contribution >= 0.6 is 0 Å². The number of benzene rings is 3.